The van der Waals surface area contributed by atoms with E-state index in [0.717, 1.165) is 8.04 Å². The molecule has 0 aromatic heterocycles. The second kappa shape index (κ2) is 2.88. The average Bonchev–Trinajstić information content (AvgIpc) is 1.83. The first-order valence-electron chi connectivity index (χ1n) is 2.35. The molecule has 1 N–H and O–H groups in total. The summed E-state index contributed by atoms with van der Waals surface area (Å²) in [5.74, 6) is 0.324. The second-order valence-corrected chi connectivity index (χ2v) is 3.51. The highest BCUT2D eigenvalue weighted by Crippen LogP contribution is 2.26. The predicted octanol–water partition coefficient (Wildman–Crippen LogP) is 2.76. The molecule has 0 radical (unpaired) electrons. The van der Waals surface area contributed by atoms with Crippen LogP contribution < -0.4 is 0 Å². The largest absolute Gasteiger partial charge is 0.507 e. The summed E-state index contributed by atoms with van der Waals surface area (Å²) in [7, 11) is 0. The van der Waals surface area contributed by atoms with Gasteiger partial charge in [-0.3, -0.25) is 0 Å². The van der Waals surface area contributed by atoms with Crippen LogP contribution in [-0.4, -0.2) is 5.11 Å². The summed E-state index contributed by atoms with van der Waals surface area (Å²) in [5, 5.41) is 9.06. The minimum Gasteiger partial charge on any atom is -0.507 e. The van der Waals surface area contributed by atoms with Gasteiger partial charge in [0.25, 0.3) is 0 Å². The molecule has 1 rings (SSSR count). The zero-order chi connectivity index (χ0) is 6.85. The normalized spacial score (nSPS) is 9.56. The molecular formula is C6H4BrIO. The maximum atomic E-state index is 9.06. The maximum absolute atomic E-state index is 9.06. The maximum Gasteiger partial charge on any atom is 0.130 e. The molecular weight excluding hydrogens is 295 g/mol. The van der Waals surface area contributed by atoms with E-state index in [1.165, 1.54) is 0 Å². The summed E-state index contributed by atoms with van der Waals surface area (Å²) in [4.78, 5) is 0. The van der Waals surface area contributed by atoms with E-state index >= 15 is 0 Å². The lowest BCUT2D eigenvalue weighted by atomic mass is 10.3. The fourth-order valence-electron chi connectivity index (χ4n) is 0.492. The zero-order valence-corrected chi connectivity index (χ0v) is 8.18. The van der Waals surface area contributed by atoms with E-state index in [9.17, 15) is 0 Å². The van der Waals surface area contributed by atoms with Crippen LogP contribution in [0.25, 0.3) is 0 Å². The number of phenols is 1. The first-order chi connectivity index (χ1) is 4.22. The quantitative estimate of drug-likeness (QED) is 0.730. The van der Waals surface area contributed by atoms with E-state index in [-0.39, 0.29) is 0 Å². The van der Waals surface area contributed by atoms with Crippen molar-refractivity contribution in [1.29, 1.82) is 0 Å². The highest BCUT2D eigenvalue weighted by molar-refractivity contribution is 14.1. The molecule has 9 heavy (non-hydrogen) atoms. The first-order valence-corrected chi connectivity index (χ1v) is 4.22. The Morgan fingerprint density at radius 2 is 2.11 bits per heavy atom. The Labute approximate surface area is 75.4 Å². The number of halogens is 2. The Morgan fingerprint density at radius 3 is 2.56 bits per heavy atom. The molecule has 0 aliphatic rings. The predicted molar refractivity (Wildman–Crippen MR) is 48.5 cm³/mol. The summed E-state index contributed by atoms with van der Waals surface area (Å²) in [5.41, 5.74) is 0. The van der Waals surface area contributed by atoms with Crippen LogP contribution >= 0.6 is 38.5 Å². The van der Waals surface area contributed by atoms with E-state index in [4.69, 9.17) is 5.11 Å². The molecule has 0 amide bonds. The summed E-state index contributed by atoms with van der Waals surface area (Å²) in [6, 6.07) is 5.34. The number of aromatic hydroxyl groups is 1. The van der Waals surface area contributed by atoms with Crippen LogP contribution in [0.4, 0.5) is 0 Å². The van der Waals surface area contributed by atoms with Gasteiger partial charge in [0, 0.05) is 4.47 Å². The van der Waals surface area contributed by atoms with Crippen molar-refractivity contribution in [3.8, 4) is 5.75 Å². The fraction of sp³-hybridized carbons (Fsp3) is 0. The third-order valence-electron chi connectivity index (χ3n) is 0.931. The SMILES string of the molecule is Oc1cccc(Br)c1I. The Bertz CT molecular complexity index is 204. The Balaban J connectivity index is 3.25. The number of hydrogen-bond acceptors (Lipinski definition) is 1. The minimum atomic E-state index is 0.324. The molecule has 1 aromatic rings. The first kappa shape index (κ1) is 7.34. The Kier molecular flexibility index (Phi) is 2.35. The van der Waals surface area contributed by atoms with Crippen LogP contribution in [-0.2, 0) is 0 Å². The molecule has 48 valence electrons. The minimum absolute atomic E-state index is 0.324. The van der Waals surface area contributed by atoms with Crippen molar-refractivity contribution in [2.24, 2.45) is 0 Å². The summed E-state index contributed by atoms with van der Waals surface area (Å²) >= 11 is 5.35. The van der Waals surface area contributed by atoms with Crippen LogP contribution in [0.5, 0.6) is 5.75 Å². The van der Waals surface area contributed by atoms with Crippen LogP contribution in [0.3, 0.4) is 0 Å². The molecule has 1 aromatic carbocycles. The van der Waals surface area contributed by atoms with Gasteiger partial charge in [0.05, 0.1) is 3.57 Å². The van der Waals surface area contributed by atoms with Gasteiger partial charge in [0.2, 0.25) is 0 Å². The summed E-state index contributed by atoms with van der Waals surface area (Å²) in [6.45, 7) is 0. The van der Waals surface area contributed by atoms with E-state index in [1.807, 2.05) is 6.07 Å². The Hall–Kier alpha value is 0.230. The van der Waals surface area contributed by atoms with Crippen molar-refractivity contribution in [3.05, 3.63) is 26.2 Å². The van der Waals surface area contributed by atoms with Gasteiger partial charge >= 0.3 is 0 Å². The van der Waals surface area contributed by atoms with E-state index in [1.54, 1.807) is 12.1 Å². The van der Waals surface area contributed by atoms with Gasteiger partial charge in [-0.15, -0.1) is 0 Å². The summed E-state index contributed by atoms with van der Waals surface area (Å²) in [6.07, 6.45) is 0. The molecule has 0 unspecified atom stereocenters. The van der Waals surface area contributed by atoms with Gasteiger partial charge in [0.15, 0.2) is 0 Å². The molecule has 0 aliphatic carbocycles. The highest BCUT2D eigenvalue weighted by atomic mass is 127. The number of phenolic OH excluding ortho intramolecular Hbond substituents is 1. The monoisotopic (exact) mass is 298 g/mol. The van der Waals surface area contributed by atoms with Crippen LogP contribution in [0.15, 0.2) is 22.7 Å². The third-order valence-corrected chi connectivity index (χ3v) is 3.47. The smallest absolute Gasteiger partial charge is 0.130 e. The van der Waals surface area contributed by atoms with Crippen LogP contribution in [0.1, 0.15) is 0 Å². The highest BCUT2D eigenvalue weighted by Gasteiger charge is 1.98. The van der Waals surface area contributed by atoms with Gasteiger partial charge in [0.1, 0.15) is 5.75 Å². The number of hydrogen-bond donors (Lipinski definition) is 1. The van der Waals surface area contributed by atoms with Crippen molar-refractivity contribution >= 4 is 38.5 Å². The topological polar surface area (TPSA) is 20.2 Å². The van der Waals surface area contributed by atoms with Crippen molar-refractivity contribution in [2.75, 3.05) is 0 Å². The number of rotatable bonds is 0. The second-order valence-electron chi connectivity index (χ2n) is 1.57. The molecule has 0 fully saturated rings. The molecule has 0 aliphatic heterocycles. The Morgan fingerprint density at radius 1 is 1.44 bits per heavy atom. The lowest BCUT2D eigenvalue weighted by Gasteiger charge is -1.96. The van der Waals surface area contributed by atoms with Crippen molar-refractivity contribution in [3.63, 3.8) is 0 Å². The van der Waals surface area contributed by atoms with Gasteiger partial charge in [-0.1, -0.05) is 6.07 Å². The van der Waals surface area contributed by atoms with Gasteiger partial charge in [-0.2, -0.15) is 0 Å². The lowest BCUT2D eigenvalue weighted by molar-refractivity contribution is 0.471. The molecule has 0 bridgehead atoms. The van der Waals surface area contributed by atoms with Gasteiger partial charge in [-0.25, -0.2) is 0 Å². The van der Waals surface area contributed by atoms with Crippen molar-refractivity contribution in [2.45, 2.75) is 0 Å². The number of benzene rings is 1. The van der Waals surface area contributed by atoms with E-state index in [0.29, 0.717) is 5.75 Å². The summed E-state index contributed by atoms with van der Waals surface area (Å²) < 4.78 is 1.79. The standard InChI is InChI=1S/C6H4BrIO/c7-4-2-1-3-5(9)6(4)8/h1-3,9H. The van der Waals surface area contributed by atoms with Crippen molar-refractivity contribution in [1.82, 2.24) is 0 Å². The van der Waals surface area contributed by atoms with E-state index in [2.05, 4.69) is 38.5 Å². The molecule has 0 atom stereocenters. The lowest BCUT2D eigenvalue weighted by Crippen LogP contribution is -1.73. The third kappa shape index (κ3) is 1.58. The van der Waals surface area contributed by atoms with Crippen LogP contribution in [0.2, 0.25) is 0 Å². The molecule has 0 heterocycles. The molecule has 0 spiro atoms. The van der Waals surface area contributed by atoms with Gasteiger partial charge in [-0.05, 0) is 50.7 Å². The molecule has 3 heteroatoms. The van der Waals surface area contributed by atoms with E-state index < -0.39 is 0 Å². The average molecular weight is 299 g/mol. The molecule has 0 saturated heterocycles. The zero-order valence-electron chi connectivity index (χ0n) is 4.44. The fourth-order valence-corrected chi connectivity index (χ4v) is 1.21. The van der Waals surface area contributed by atoms with Crippen molar-refractivity contribution < 1.29 is 5.11 Å². The van der Waals surface area contributed by atoms with Crippen LogP contribution in [0, 0.1) is 3.57 Å². The van der Waals surface area contributed by atoms with Gasteiger partial charge < -0.3 is 5.11 Å². The molecule has 1 nitrogen and oxygen atoms in total. The molecule has 0 saturated carbocycles.